The molecule has 1 unspecified atom stereocenters. The number of nitrogens with one attached hydrogen (secondary N) is 1. The van der Waals surface area contributed by atoms with Gasteiger partial charge in [-0.25, -0.2) is 8.42 Å². The van der Waals surface area contributed by atoms with E-state index in [1.807, 2.05) is 51.1 Å². The Morgan fingerprint density at radius 1 is 0.897 bits per heavy atom. The number of carbonyl (C=O) groups is 2. The van der Waals surface area contributed by atoms with Crippen molar-refractivity contribution in [1.82, 2.24) is 14.5 Å². The summed E-state index contributed by atoms with van der Waals surface area (Å²) in [5.74, 6) is -0.894. The van der Waals surface area contributed by atoms with Crippen LogP contribution in [0.5, 0.6) is 0 Å². The van der Waals surface area contributed by atoms with Gasteiger partial charge in [0, 0.05) is 35.6 Å². The van der Waals surface area contributed by atoms with Crippen molar-refractivity contribution in [3.63, 3.8) is 0 Å². The van der Waals surface area contributed by atoms with E-state index in [0.717, 1.165) is 9.87 Å². The number of rotatable bonds is 10. The largest absolute Gasteiger partial charge is 0.350 e. The van der Waals surface area contributed by atoms with Gasteiger partial charge in [-0.3, -0.25) is 9.59 Å². The van der Waals surface area contributed by atoms with Gasteiger partial charge in [-0.2, -0.15) is 4.31 Å². The minimum absolute atomic E-state index is 0.00571. The number of nitrogens with zero attached hydrogens (tertiary/aromatic N) is 2. The molecule has 3 rings (SSSR count). The minimum Gasteiger partial charge on any atom is -0.350 e. The summed E-state index contributed by atoms with van der Waals surface area (Å²) in [7, 11) is -2.67. The number of benzene rings is 3. The Labute approximate surface area is 240 Å². The zero-order valence-corrected chi connectivity index (χ0v) is 24.7. The zero-order chi connectivity index (χ0) is 28.8. The highest BCUT2D eigenvalue weighted by molar-refractivity contribution is 7.89. The Bertz CT molecular complexity index is 1390. The molecule has 0 aliphatic carbocycles. The Morgan fingerprint density at radius 3 is 2.08 bits per heavy atom. The number of likely N-dealkylation sites (N-methyl/N-ethyl adjacent to an activating group) is 1. The third-order valence-corrected chi connectivity index (χ3v) is 8.39. The van der Waals surface area contributed by atoms with Gasteiger partial charge in [-0.1, -0.05) is 71.7 Å². The molecule has 0 saturated heterocycles. The van der Waals surface area contributed by atoms with E-state index in [2.05, 4.69) is 5.32 Å². The van der Waals surface area contributed by atoms with Crippen molar-refractivity contribution < 1.29 is 18.0 Å². The van der Waals surface area contributed by atoms with E-state index in [4.69, 9.17) is 23.2 Å². The predicted molar refractivity (Wildman–Crippen MR) is 155 cm³/mol. The Balaban J connectivity index is 2.00. The molecule has 0 radical (unpaired) electrons. The third-order valence-electron chi connectivity index (χ3n) is 5.95. The Morgan fingerprint density at radius 2 is 1.49 bits per heavy atom. The molecule has 0 heterocycles. The van der Waals surface area contributed by atoms with E-state index >= 15 is 0 Å². The molecule has 1 atom stereocenters. The standard InChI is InChI=1S/C29H33Cl2N3O4S/c1-29(2,3)32-28(36)26(18-21-10-6-5-7-11-21)34(19-22-12-8-9-13-25(22)31)27(35)20-33(4)39(37,38)24-16-14-23(30)15-17-24/h5-17,26H,18-20H2,1-4H3,(H,32,36). The fraction of sp³-hybridized carbons (Fsp3) is 0.310. The second-order valence-electron chi connectivity index (χ2n) is 10.3. The molecule has 208 valence electrons. The van der Waals surface area contributed by atoms with Gasteiger partial charge in [0.2, 0.25) is 21.8 Å². The van der Waals surface area contributed by atoms with Crippen molar-refractivity contribution in [3.8, 4) is 0 Å². The summed E-state index contributed by atoms with van der Waals surface area (Å²) < 4.78 is 27.4. The Hall–Kier alpha value is -2.91. The van der Waals surface area contributed by atoms with Crippen LogP contribution in [0.15, 0.2) is 83.8 Å². The fourth-order valence-corrected chi connectivity index (χ4v) is 5.41. The lowest BCUT2D eigenvalue weighted by atomic mass is 10.0. The molecule has 3 aromatic rings. The van der Waals surface area contributed by atoms with Crippen LogP contribution in [0.1, 0.15) is 31.9 Å². The normalized spacial score (nSPS) is 12.7. The van der Waals surface area contributed by atoms with Crippen molar-refractivity contribution >= 4 is 45.0 Å². The molecular formula is C29H33Cl2N3O4S. The van der Waals surface area contributed by atoms with E-state index < -0.39 is 34.1 Å². The Kier molecular flexibility index (Phi) is 10.2. The van der Waals surface area contributed by atoms with Gasteiger partial charge < -0.3 is 10.2 Å². The molecule has 0 aliphatic heterocycles. The zero-order valence-electron chi connectivity index (χ0n) is 22.4. The van der Waals surface area contributed by atoms with Gasteiger partial charge in [0.15, 0.2) is 0 Å². The van der Waals surface area contributed by atoms with Gasteiger partial charge in [0.25, 0.3) is 0 Å². The average Bonchev–Trinajstić information content (AvgIpc) is 2.87. The average molecular weight is 591 g/mol. The molecular weight excluding hydrogens is 557 g/mol. The highest BCUT2D eigenvalue weighted by Gasteiger charge is 2.34. The molecule has 1 N–H and O–H groups in total. The van der Waals surface area contributed by atoms with Crippen molar-refractivity contribution in [2.75, 3.05) is 13.6 Å². The number of carbonyl (C=O) groups excluding carboxylic acids is 2. The quantitative estimate of drug-likeness (QED) is 0.353. The first-order valence-electron chi connectivity index (χ1n) is 12.4. The lowest BCUT2D eigenvalue weighted by Crippen LogP contribution is -2.56. The van der Waals surface area contributed by atoms with Crippen molar-refractivity contribution in [2.24, 2.45) is 0 Å². The maximum Gasteiger partial charge on any atom is 0.243 e. The molecule has 0 saturated carbocycles. The molecule has 0 fully saturated rings. The van der Waals surface area contributed by atoms with E-state index in [9.17, 15) is 18.0 Å². The molecule has 0 bridgehead atoms. The fourth-order valence-electron chi connectivity index (χ4n) is 3.97. The highest BCUT2D eigenvalue weighted by atomic mass is 35.5. The summed E-state index contributed by atoms with van der Waals surface area (Å²) in [4.78, 5) is 28.9. The summed E-state index contributed by atoms with van der Waals surface area (Å²) >= 11 is 12.4. The van der Waals surface area contributed by atoms with Gasteiger partial charge >= 0.3 is 0 Å². The van der Waals surface area contributed by atoms with Crippen molar-refractivity contribution in [2.45, 2.75) is 50.2 Å². The first kappa shape index (κ1) is 30.6. The van der Waals surface area contributed by atoms with Crippen LogP contribution in [0.4, 0.5) is 0 Å². The smallest absolute Gasteiger partial charge is 0.243 e. The summed E-state index contributed by atoms with van der Waals surface area (Å²) in [5.41, 5.74) is 0.933. The second kappa shape index (κ2) is 13.0. The van der Waals surface area contributed by atoms with E-state index in [0.29, 0.717) is 15.6 Å². The first-order chi connectivity index (χ1) is 18.3. The molecule has 39 heavy (non-hydrogen) atoms. The number of hydrogen-bond donors (Lipinski definition) is 1. The molecule has 10 heteroatoms. The van der Waals surface area contributed by atoms with Gasteiger partial charge in [-0.05, 0) is 62.2 Å². The van der Waals surface area contributed by atoms with Crippen LogP contribution in [0.3, 0.4) is 0 Å². The molecule has 7 nitrogen and oxygen atoms in total. The summed E-state index contributed by atoms with van der Waals surface area (Å²) in [6, 6.07) is 21.2. The number of sulfonamides is 1. The van der Waals surface area contributed by atoms with Crippen LogP contribution < -0.4 is 5.32 Å². The third kappa shape index (κ3) is 8.54. The van der Waals surface area contributed by atoms with Crippen LogP contribution in [0.25, 0.3) is 0 Å². The predicted octanol–water partition coefficient (Wildman–Crippen LogP) is 5.17. The molecule has 0 spiro atoms. The van der Waals surface area contributed by atoms with E-state index in [-0.39, 0.29) is 23.8 Å². The van der Waals surface area contributed by atoms with Crippen LogP contribution >= 0.6 is 23.2 Å². The highest BCUT2D eigenvalue weighted by Crippen LogP contribution is 2.22. The lowest BCUT2D eigenvalue weighted by molar-refractivity contribution is -0.141. The lowest BCUT2D eigenvalue weighted by Gasteiger charge is -2.34. The monoisotopic (exact) mass is 589 g/mol. The number of amides is 2. The number of halogens is 2. The van der Waals surface area contributed by atoms with Crippen LogP contribution in [-0.2, 0) is 32.6 Å². The van der Waals surface area contributed by atoms with E-state index in [1.54, 1.807) is 24.3 Å². The molecule has 2 amide bonds. The summed E-state index contributed by atoms with van der Waals surface area (Å²) in [6.07, 6.45) is 0.229. The van der Waals surface area contributed by atoms with Crippen LogP contribution in [0.2, 0.25) is 10.0 Å². The topological polar surface area (TPSA) is 86.8 Å². The number of hydrogen-bond acceptors (Lipinski definition) is 4. The minimum atomic E-state index is -4.00. The maximum atomic E-state index is 13.9. The molecule has 3 aromatic carbocycles. The molecule has 0 aliphatic rings. The second-order valence-corrected chi connectivity index (χ2v) is 13.2. The van der Waals surface area contributed by atoms with E-state index in [1.165, 1.54) is 36.2 Å². The molecule has 0 aromatic heterocycles. The SMILES string of the molecule is CN(CC(=O)N(Cc1ccccc1Cl)C(Cc1ccccc1)C(=O)NC(C)(C)C)S(=O)(=O)c1ccc(Cl)cc1. The van der Waals surface area contributed by atoms with Gasteiger partial charge in [0.05, 0.1) is 11.4 Å². The van der Waals surface area contributed by atoms with Gasteiger partial charge in [-0.15, -0.1) is 0 Å². The first-order valence-corrected chi connectivity index (χ1v) is 14.6. The maximum absolute atomic E-state index is 13.9. The van der Waals surface area contributed by atoms with Crippen molar-refractivity contribution in [3.05, 3.63) is 100 Å². The van der Waals surface area contributed by atoms with Crippen LogP contribution in [0, 0.1) is 0 Å². The van der Waals surface area contributed by atoms with Crippen molar-refractivity contribution in [1.29, 1.82) is 0 Å². The van der Waals surface area contributed by atoms with Gasteiger partial charge in [0.1, 0.15) is 6.04 Å². The summed E-state index contributed by atoms with van der Waals surface area (Å²) in [5, 5.41) is 3.81. The van der Waals surface area contributed by atoms with Crippen LogP contribution in [-0.4, -0.2) is 54.6 Å². The summed E-state index contributed by atoms with van der Waals surface area (Å²) in [6.45, 7) is 5.11.